The van der Waals surface area contributed by atoms with E-state index in [0.29, 0.717) is 5.75 Å². The number of thioether (sulfide) groups is 1. The van der Waals surface area contributed by atoms with Crippen molar-refractivity contribution in [1.82, 2.24) is 20.1 Å². The summed E-state index contributed by atoms with van der Waals surface area (Å²) in [6.07, 6.45) is 1.64. The Kier molecular flexibility index (Phi) is 7.74. The number of thiophene rings is 1. The van der Waals surface area contributed by atoms with Crippen molar-refractivity contribution >= 4 is 29.0 Å². The molecule has 0 aliphatic carbocycles. The molecule has 1 atom stereocenters. The fraction of sp³-hybridized carbons (Fsp3) is 0.240. The van der Waals surface area contributed by atoms with E-state index in [4.69, 9.17) is 0 Å². The van der Waals surface area contributed by atoms with Crippen LogP contribution in [0, 0.1) is 0 Å². The zero-order valence-electron chi connectivity index (χ0n) is 18.0. The average Bonchev–Trinajstić information content (AvgIpc) is 3.48. The molecule has 1 unspecified atom stereocenters. The van der Waals surface area contributed by atoms with Gasteiger partial charge in [-0.05, 0) is 35.9 Å². The molecule has 0 saturated heterocycles. The van der Waals surface area contributed by atoms with Gasteiger partial charge in [-0.1, -0.05) is 78.5 Å². The second-order valence-electron chi connectivity index (χ2n) is 7.53. The number of carbonyl (C=O) groups is 1. The van der Waals surface area contributed by atoms with E-state index in [1.807, 2.05) is 43.3 Å². The molecular formula is C25H26N4OS2. The maximum absolute atomic E-state index is 12.6. The molecule has 7 heteroatoms. The second kappa shape index (κ2) is 11.1. The highest BCUT2D eigenvalue weighted by Gasteiger charge is 2.16. The summed E-state index contributed by atoms with van der Waals surface area (Å²) in [5.41, 5.74) is 2.36. The van der Waals surface area contributed by atoms with Crippen molar-refractivity contribution in [1.29, 1.82) is 0 Å². The first-order chi connectivity index (χ1) is 15.7. The lowest BCUT2D eigenvalue weighted by molar-refractivity contribution is -0.119. The molecule has 2 heterocycles. The zero-order valence-corrected chi connectivity index (χ0v) is 19.6. The maximum Gasteiger partial charge on any atom is 0.230 e. The normalized spacial score (nSPS) is 11.9. The van der Waals surface area contributed by atoms with Crippen LogP contribution in [0.3, 0.4) is 0 Å². The van der Waals surface area contributed by atoms with Crippen molar-refractivity contribution in [3.63, 3.8) is 0 Å². The van der Waals surface area contributed by atoms with E-state index >= 15 is 0 Å². The summed E-state index contributed by atoms with van der Waals surface area (Å²) in [4.78, 5) is 13.8. The summed E-state index contributed by atoms with van der Waals surface area (Å²) in [5, 5.41) is 14.8. The van der Waals surface area contributed by atoms with Crippen LogP contribution in [0.1, 0.15) is 34.8 Å². The number of rotatable bonds is 10. The van der Waals surface area contributed by atoms with Gasteiger partial charge < -0.3 is 9.88 Å². The van der Waals surface area contributed by atoms with Gasteiger partial charge in [0.25, 0.3) is 0 Å². The van der Waals surface area contributed by atoms with Crippen LogP contribution in [0.15, 0.2) is 83.3 Å². The Morgan fingerprint density at radius 3 is 2.50 bits per heavy atom. The quantitative estimate of drug-likeness (QED) is 0.332. The molecule has 0 spiro atoms. The predicted octanol–water partition coefficient (Wildman–Crippen LogP) is 5.14. The van der Waals surface area contributed by atoms with Crippen molar-refractivity contribution in [2.75, 3.05) is 5.75 Å². The van der Waals surface area contributed by atoms with Crippen molar-refractivity contribution in [3.8, 4) is 0 Å². The highest BCUT2D eigenvalue weighted by atomic mass is 32.2. The molecule has 2 aromatic heterocycles. The Balaban J connectivity index is 1.42. The number of hydrogen-bond donors (Lipinski definition) is 1. The van der Waals surface area contributed by atoms with Crippen LogP contribution in [-0.4, -0.2) is 26.4 Å². The van der Waals surface area contributed by atoms with Gasteiger partial charge in [-0.25, -0.2) is 0 Å². The van der Waals surface area contributed by atoms with Gasteiger partial charge in [-0.3, -0.25) is 4.79 Å². The largest absolute Gasteiger partial charge is 0.349 e. The van der Waals surface area contributed by atoms with E-state index in [1.54, 1.807) is 11.3 Å². The summed E-state index contributed by atoms with van der Waals surface area (Å²) in [6, 6.07) is 24.5. The van der Waals surface area contributed by atoms with Crippen LogP contribution in [0.5, 0.6) is 0 Å². The lowest BCUT2D eigenvalue weighted by Crippen LogP contribution is -2.28. The number of nitrogens with zero attached hydrogens (tertiary/aromatic N) is 3. The molecule has 0 saturated carbocycles. The van der Waals surface area contributed by atoms with Gasteiger partial charge in [-0.15, -0.1) is 21.5 Å². The van der Waals surface area contributed by atoms with E-state index in [2.05, 4.69) is 61.9 Å². The lowest BCUT2D eigenvalue weighted by Gasteiger charge is -2.14. The minimum absolute atomic E-state index is 0.0104. The first-order valence-electron chi connectivity index (χ1n) is 10.6. The van der Waals surface area contributed by atoms with Gasteiger partial charge in [0.2, 0.25) is 5.91 Å². The molecule has 4 aromatic rings. The molecule has 1 amide bonds. The van der Waals surface area contributed by atoms with Crippen LogP contribution >= 0.6 is 23.1 Å². The third kappa shape index (κ3) is 6.08. The Bertz CT molecular complexity index is 1110. The smallest absolute Gasteiger partial charge is 0.230 e. The Hall–Kier alpha value is -2.90. The first-order valence-corrected chi connectivity index (χ1v) is 12.5. The van der Waals surface area contributed by atoms with E-state index in [1.165, 1.54) is 22.2 Å². The van der Waals surface area contributed by atoms with Crippen molar-refractivity contribution in [2.24, 2.45) is 0 Å². The minimum atomic E-state index is -0.0327. The monoisotopic (exact) mass is 462 g/mol. The number of aromatic nitrogens is 3. The van der Waals surface area contributed by atoms with E-state index in [9.17, 15) is 4.79 Å². The number of benzene rings is 2. The van der Waals surface area contributed by atoms with Gasteiger partial charge in [0.15, 0.2) is 5.16 Å². The number of amides is 1. The molecule has 32 heavy (non-hydrogen) atoms. The zero-order chi connectivity index (χ0) is 22.2. The van der Waals surface area contributed by atoms with Gasteiger partial charge in [0.1, 0.15) is 5.82 Å². The predicted molar refractivity (Wildman–Crippen MR) is 131 cm³/mol. The second-order valence-corrected chi connectivity index (χ2v) is 9.51. The summed E-state index contributed by atoms with van der Waals surface area (Å²) in [7, 11) is 0. The topological polar surface area (TPSA) is 59.8 Å². The number of aryl methyl sites for hydroxylation is 1. The fourth-order valence-corrected chi connectivity index (χ4v) is 4.97. The molecule has 164 valence electrons. The van der Waals surface area contributed by atoms with Crippen molar-refractivity contribution in [3.05, 3.63) is 100 Å². The third-order valence-electron chi connectivity index (χ3n) is 5.18. The minimum Gasteiger partial charge on any atom is -0.349 e. The Labute approximate surface area is 196 Å². The van der Waals surface area contributed by atoms with Crippen LogP contribution in [-0.2, 0) is 24.2 Å². The molecule has 5 nitrogen and oxygen atoms in total. The van der Waals surface area contributed by atoms with Gasteiger partial charge in [-0.2, -0.15) is 0 Å². The molecule has 1 N–H and O–H groups in total. The summed E-state index contributed by atoms with van der Waals surface area (Å²) < 4.78 is 2.16. The molecule has 0 aliphatic heterocycles. The fourth-order valence-electron chi connectivity index (χ4n) is 3.47. The SMILES string of the molecule is CC(NC(=O)CSc1nnc(Cc2cccs2)n1CCc1ccccc1)c1ccccc1. The molecular weight excluding hydrogens is 436 g/mol. The van der Waals surface area contributed by atoms with E-state index < -0.39 is 0 Å². The summed E-state index contributed by atoms with van der Waals surface area (Å²) >= 11 is 3.16. The molecule has 0 aliphatic rings. The Morgan fingerprint density at radius 1 is 1.03 bits per heavy atom. The van der Waals surface area contributed by atoms with Gasteiger partial charge in [0, 0.05) is 17.8 Å². The van der Waals surface area contributed by atoms with Gasteiger partial charge in [0.05, 0.1) is 11.8 Å². The highest BCUT2D eigenvalue weighted by Crippen LogP contribution is 2.21. The van der Waals surface area contributed by atoms with Crippen LogP contribution in [0.25, 0.3) is 0 Å². The summed E-state index contributed by atoms with van der Waals surface area (Å²) in [5.74, 6) is 1.23. The highest BCUT2D eigenvalue weighted by molar-refractivity contribution is 7.99. The average molecular weight is 463 g/mol. The van der Waals surface area contributed by atoms with E-state index in [-0.39, 0.29) is 11.9 Å². The molecule has 0 bridgehead atoms. The Morgan fingerprint density at radius 2 is 1.78 bits per heavy atom. The maximum atomic E-state index is 12.6. The molecule has 0 radical (unpaired) electrons. The standard InChI is InChI=1S/C25H26N4OS2/c1-19(21-11-6-3-7-12-21)26-24(30)18-32-25-28-27-23(17-22-13-8-16-31-22)29(25)15-14-20-9-4-2-5-10-20/h2-13,16,19H,14-15,17-18H2,1H3,(H,26,30). The molecule has 4 rings (SSSR count). The molecule has 2 aromatic carbocycles. The third-order valence-corrected chi connectivity index (χ3v) is 7.03. The van der Waals surface area contributed by atoms with Crippen LogP contribution < -0.4 is 5.32 Å². The van der Waals surface area contributed by atoms with Crippen molar-refractivity contribution < 1.29 is 4.79 Å². The summed E-state index contributed by atoms with van der Waals surface area (Å²) in [6.45, 7) is 2.78. The van der Waals surface area contributed by atoms with Crippen LogP contribution in [0.4, 0.5) is 0 Å². The number of hydrogen-bond acceptors (Lipinski definition) is 5. The first kappa shape index (κ1) is 22.3. The number of nitrogens with one attached hydrogen (secondary N) is 1. The van der Waals surface area contributed by atoms with E-state index in [0.717, 1.165) is 35.9 Å². The number of carbonyl (C=O) groups excluding carboxylic acids is 1. The van der Waals surface area contributed by atoms with Gasteiger partial charge >= 0.3 is 0 Å². The lowest BCUT2D eigenvalue weighted by atomic mass is 10.1. The van der Waals surface area contributed by atoms with Crippen LogP contribution in [0.2, 0.25) is 0 Å². The molecule has 0 fully saturated rings. The van der Waals surface area contributed by atoms with Crippen molar-refractivity contribution in [2.45, 2.75) is 37.5 Å².